The summed E-state index contributed by atoms with van der Waals surface area (Å²) in [7, 11) is -0.777. The average Bonchev–Trinajstić information content (AvgIpc) is 3.21. The van der Waals surface area contributed by atoms with Crippen LogP contribution in [0.3, 0.4) is 0 Å². The number of hydrazine groups is 1. The minimum absolute atomic E-state index is 0.0206. The zero-order valence-electron chi connectivity index (χ0n) is 12.7. The predicted octanol–water partition coefficient (Wildman–Crippen LogP) is 0.354. The van der Waals surface area contributed by atoms with Crippen molar-refractivity contribution in [2.45, 2.75) is 18.2 Å². The summed E-state index contributed by atoms with van der Waals surface area (Å²) >= 11 is 0. The summed E-state index contributed by atoms with van der Waals surface area (Å²) in [6.45, 7) is 1.96. The fourth-order valence-corrected chi connectivity index (χ4v) is 2.93. The Morgan fingerprint density at radius 2 is 1.86 bits per heavy atom. The molecule has 0 radical (unpaired) electrons. The van der Waals surface area contributed by atoms with Gasteiger partial charge in [-0.1, -0.05) is 13.0 Å². The van der Waals surface area contributed by atoms with Crippen LogP contribution < -0.4 is 10.9 Å². The van der Waals surface area contributed by atoms with Crippen molar-refractivity contribution in [2.24, 2.45) is 11.8 Å². The molecule has 2 N–H and O–H groups in total. The molecule has 7 nitrogen and oxygen atoms in total. The molecule has 2 unspecified atom stereocenters. The molecule has 1 fully saturated rings. The van der Waals surface area contributed by atoms with E-state index in [4.69, 9.17) is 0 Å². The molecular formula is C14H19N3O4S. The van der Waals surface area contributed by atoms with E-state index in [1.807, 2.05) is 6.92 Å². The maximum absolute atomic E-state index is 12.0. The van der Waals surface area contributed by atoms with Gasteiger partial charge in [0.1, 0.15) is 0 Å². The molecule has 2 rings (SSSR count). The van der Waals surface area contributed by atoms with Crippen LogP contribution in [-0.2, 0) is 14.8 Å². The fraction of sp³-hybridized carbons (Fsp3) is 0.429. The second kappa shape index (κ2) is 6.05. The molecule has 22 heavy (non-hydrogen) atoms. The zero-order chi connectivity index (χ0) is 16.5. The molecule has 0 saturated heterocycles. The van der Waals surface area contributed by atoms with Crippen LogP contribution in [0.2, 0.25) is 0 Å². The first-order chi connectivity index (χ1) is 10.2. The van der Waals surface area contributed by atoms with E-state index in [1.54, 1.807) is 0 Å². The molecule has 2 amide bonds. The molecule has 120 valence electrons. The predicted molar refractivity (Wildman–Crippen MR) is 80.2 cm³/mol. The van der Waals surface area contributed by atoms with E-state index in [0.29, 0.717) is 5.92 Å². The zero-order valence-corrected chi connectivity index (χ0v) is 13.5. The Labute approximate surface area is 129 Å². The summed E-state index contributed by atoms with van der Waals surface area (Å²) in [6.07, 6.45) is 0.818. The van der Waals surface area contributed by atoms with Gasteiger partial charge in [0, 0.05) is 25.6 Å². The Kier molecular flexibility index (Phi) is 4.52. The van der Waals surface area contributed by atoms with Gasteiger partial charge < -0.3 is 0 Å². The number of rotatable bonds is 4. The van der Waals surface area contributed by atoms with E-state index >= 15 is 0 Å². The van der Waals surface area contributed by atoms with Crippen LogP contribution in [0, 0.1) is 11.8 Å². The van der Waals surface area contributed by atoms with Crippen LogP contribution in [0.25, 0.3) is 0 Å². The molecule has 8 heteroatoms. The first-order valence-electron chi connectivity index (χ1n) is 6.86. The molecule has 0 aromatic heterocycles. The van der Waals surface area contributed by atoms with Crippen LogP contribution >= 0.6 is 0 Å². The van der Waals surface area contributed by atoms with E-state index in [2.05, 4.69) is 10.9 Å². The van der Waals surface area contributed by atoms with Gasteiger partial charge in [-0.15, -0.1) is 0 Å². The number of amides is 2. The summed E-state index contributed by atoms with van der Waals surface area (Å²) in [6, 6.07) is 5.65. The molecule has 1 aromatic rings. The molecule has 1 aliphatic rings. The molecule has 2 atom stereocenters. The van der Waals surface area contributed by atoms with Crippen molar-refractivity contribution in [3.8, 4) is 0 Å². The number of carbonyl (C=O) groups is 2. The van der Waals surface area contributed by atoms with Gasteiger partial charge in [-0.05, 0) is 30.5 Å². The molecular weight excluding hydrogens is 306 g/mol. The van der Waals surface area contributed by atoms with Crippen molar-refractivity contribution < 1.29 is 18.0 Å². The molecule has 0 bridgehead atoms. The molecule has 1 saturated carbocycles. The van der Waals surface area contributed by atoms with Crippen molar-refractivity contribution >= 4 is 21.8 Å². The molecule has 1 aromatic carbocycles. The normalized spacial score (nSPS) is 20.5. The highest BCUT2D eigenvalue weighted by Gasteiger charge is 2.39. The van der Waals surface area contributed by atoms with Crippen LogP contribution in [0.1, 0.15) is 23.7 Å². The smallest absolute Gasteiger partial charge is 0.269 e. The molecule has 0 spiro atoms. The van der Waals surface area contributed by atoms with Gasteiger partial charge in [0.25, 0.3) is 5.91 Å². The quantitative estimate of drug-likeness (QED) is 0.781. The van der Waals surface area contributed by atoms with Crippen LogP contribution in [0.4, 0.5) is 0 Å². The number of hydrogen-bond acceptors (Lipinski definition) is 4. The number of nitrogens with zero attached hydrogens (tertiary/aromatic N) is 1. The molecule has 0 heterocycles. The third-order valence-electron chi connectivity index (χ3n) is 3.62. The largest absolute Gasteiger partial charge is 0.273 e. The van der Waals surface area contributed by atoms with Gasteiger partial charge in [0.15, 0.2) is 0 Å². The Balaban J connectivity index is 2.06. The number of carbonyl (C=O) groups excluding carboxylic acids is 2. The number of sulfonamides is 1. The highest BCUT2D eigenvalue weighted by molar-refractivity contribution is 7.89. The minimum Gasteiger partial charge on any atom is -0.273 e. The van der Waals surface area contributed by atoms with E-state index in [-0.39, 0.29) is 22.3 Å². The number of nitrogens with one attached hydrogen (secondary N) is 2. The van der Waals surface area contributed by atoms with Crippen LogP contribution in [-0.4, -0.2) is 38.6 Å². The van der Waals surface area contributed by atoms with Gasteiger partial charge in [0.05, 0.1) is 4.90 Å². The van der Waals surface area contributed by atoms with Crippen molar-refractivity contribution in [1.29, 1.82) is 0 Å². The van der Waals surface area contributed by atoms with Crippen molar-refractivity contribution in [2.75, 3.05) is 14.1 Å². The SMILES string of the molecule is CC1CC1C(=O)NNC(=O)c1cccc(S(=O)(=O)N(C)C)c1. The number of benzene rings is 1. The van der Waals surface area contributed by atoms with Crippen LogP contribution in [0.15, 0.2) is 29.2 Å². The maximum atomic E-state index is 12.0. The van der Waals surface area contributed by atoms with E-state index < -0.39 is 15.9 Å². The van der Waals surface area contributed by atoms with Gasteiger partial charge in [0.2, 0.25) is 15.9 Å². The Morgan fingerprint density at radius 1 is 1.23 bits per heavy atom. The second-order valence-electron chi connectivity index (χ2n) is 5.58. The van der Waals surface area contributed by atoms with Gasteiger partial charge >= 0.3 is 0 Å². The lowest BCUT2D eigenvalue weighted by Crippen LogP contribution is -2.42. The third-order valence-corrected chi connectivity index (χ3v) is 5.43. The lowest BCUT2D eigenvalue weighted by Gasteiger charge is -2.12. The lowest BCUT2D eigenvalue weighted by molar-refractivity contribution is -0.123. The van der Waals surface area contributed by atoms with Gasteiger partial charge in [-0.25, -0.2) is 12.7 Å². The average molecular weight is 325 g/mol. The summed E-state index contributed by atoms with van der Waals surface area (Å²) in [5.41, 5.74) is 4.82. The maximum Gasteiger partial charge on any atom is 0.269 e. The highest BCUT2D eigenvalue weighted by atomic mass is 32.2. The monoisotopic (exact) mass is 325 g/mol. The van der Waals surface area contributed by atoms with E-state index in [0.717, 1.165) is 10.7 Å². The fourth-order valence-electron chi connectivity index (χ4n) is 1.98. The minimum atomic E-state index is -3.61. The molecule has 0 aliphatic heterocycles. The Hall–Kier alpha value is -1.93. The van der Waals surface area contributed by atoms with E-state index in [9.17, 15) is 18.0 Å². The Morgan fingerprint density at radius 3 is 2.41 bits per heavy atom. The summed E-state index contributed by atoms with van der Waals surface area (Å²) in [4.78, 5) is 23.6. The Bertz CT molecular complexity index is 700. The second-order valence-corrected chi connectivity index (χ2v) is 7.73. The standard InChI is InChI=1S/C14H19N3O4S/c1-9-7-12(9)14(19)16-15-13(18)10-5-4-6-11(8-10)22(20,21)17(2)3/h4-6,8-9,12H,7H2,1-3H3,(H,15,18)(H,16,19). The summed E-state index contributed by atoms with van der Waals surface area (Å²) in [5, 5.41) is 0. The van der Waals surface area contributed by atoms with Crippen LogP contribution in [0.5, 0.6) is 0 Å². The first kappa shape index (κ1) is 16.4. The van der Waals surface area contributed by atoms with Crippen molar-refractivity contribution in [1.82, 2.24) is 15.2 Å². The topological polar surface area (TPSA) is 95.6 Å². The third kappa shape index (κ3) is 3.45. The van der Waals surface area contributed by atoms with Gasteiger partial charge in [-0.2, -0.15) is 0 Å². The summed E-state index contributed by atoms with van der Waals surface area (Å²) < 4.78 is 25.1. The lowest BCUT2D eigenvalue weighted by atomic mass is 10.2. The number of hydrogen-bond donors (Lipinski definition) is 2. The highest BCUT2D eigenvalue weighted by Crippen LogP contribution is 2.37. The van der Waals surface area contributed by atoms with Crippen molar-refractivity contribution in [3.05, 3.63) is 29.8 Å². The summed E-state index contributed by atoms with van der Waals surface area (Å²) in [5.74, 6) is -0.499. The van der Waals surface area contributed by atoms with Gasteiger partial charge in [-0.3, -0.25) is 20.4 Å². The van der Waals surface area contributed by atoms with E-state index in [1.165, 1.54) is 38.4 Å². The first-order valence-corrected chi connectivity index (χ1v) is 8.30. The molecule has 1 aliphatic carbocycles. The van der Waals surface area contributed by atoms with Crippen molar-refractivity contribution in [3.63, 3.8) is 0 Å².